The van der Waals surface area contributed by atoms with Gasteiger partial charge in [0.25, 0.3) is 0 Å². The van der Waals surface area contributed by atoms with E-state index in [1.54, 1.807) is 17.6 Å². The van der Waals surface area contributed by atoms with Gasteiger partial charge in [0, 0.05) is 43.1 Å². The molecule has 2 amide bonds. The van der Waals surface area contributed by atoms with Crippen molar-refractivity contribution in [2.45, 2.75) is 13.1 Å². The van der Waals surface area contributed by atoms with E-state index in [0.29, 0.717) is 24.7 Å². The number of amides is 2. The SMILES string of the molecule is O=C(NCc1ccc(Cl)cc1)N1CCN(Cc2nc(-c3ccco3)cs2)CC1. The molecule has 3 heterocycles. The molecule has 0 spiro atoms. The first-order valence-corrected chi connectivity index (χ1v) is 10.4. The molecule has 1 aliphatic rings. The Hall–Kier alpha value is -2.35. The zero-order chi connectivity index (χ0) is 19.3. The van der Waals surface area contributed by atoms with E-state index < -0.39 is 0 Å². The van der Waals surface area contributed by atoms with Crippen LogP contribution >= 0.6 is 22.9 Å². The van der Waals surface area contributed by atoms with Crippen LogP contribution in [0.25, 0.3) is 11.5 Å². The zero-order valence-corrected chi connectivity index (χ0v) is 16.9. The Morgan fingerprint density at radius 1 is 1.18 bits per heavy atom. The van der Waals surface area contributed by atoms with Crippen molar-refractivity contribution in [3.05, 3.63) is 63.6 Å². The lowest BCUT2D eigenvalue weighted by Crippen LogP contribution is -2.51. The number of rotatable bonds is 5. The maximum Gasteiger partial charge on any atom is 0.317 e. The number of thiazole rings is 1. The standard InChI is InChI=1S/C20H21ClN4O2S/c21-16-5-3-15(4-6-16)12-22-20(26)25-9-7-24(8-10-25)13-19-23-17(14-28-19)18-2-1-11-27-18/h1-6,11,14H,7-10,12-13H2,(H,22,26). The van der Waals surface area contributed by atoms with Crippen LogP contribution in [-0.4, -0.2) is 47.0 Å². The minimum Gasteiger partial charge on any atom is -0.463 e. The molecule has 1 saturated heterocycles. The predicted molar refractivity (Wildman–Crippen MR) is 110 cm³/mol. The van der Waals surface area contributed by atoms with Crippen molar-refractivity contribution in [1.82, 2.24) is 20.1 Å². The highest BCUT2D eigenvalue weighted by Crippen LogP contribution is 2.23. The summed E-state index contributed by atoms with van der Waals surface area (Å²) in [5.74, 6) is 0.796. The Balaban J connectivity index is 1.23. The number of carbonyl (C=O) groups excluding carboxylic acids is 1. The number of nitrogens with one attached hydrogen (secondary N) is 1. The molecule has 6 nitrogen and oxygen atoms in total. The number of hydrogen-bond donors (Lipinski definition) is 1. The summed E-state index contributed by atoms with van der Waals surface area (Å²) < 4.78 is 5.40. The van der Waals surface area contributed by atoms with Gasteiger partial charge < -0.3 is 14.6 Å². The minimum atomic E-state index is -0.0241. The van der Waals surface area contributed by atoms with E-state index in [4.69, 9.17) is 16.0 Å². The van der Waals surface area contributed by atoms with Crippen molar-refractivity contribution < 1.29 is 9.21 Å². The number of hydrogen-bond acceptors (Lipinski definition) is 5. The van der Waals surface area contributed by atoms with Gasteiger partial charge >= 0.3 is 6.03 Å². The van der Waals surface area contributed by atoms with Crippen LogP contribution in [0.3, 0.4) is 0 Å². The van der Waals surface area contributed by atoms with Crippen molar-refractivity contribution in [3.63, 3.8) is 0 Å². The number of furan rings is 1. The van der Waals surface area contributed by atoms with Gasteiger partial charge in [0.1, 0.15) is 10.7 Å². The molecule has 0 radical (unpaired) electrons. The minimum absolute atomic E-state index is 0.0241. The zero-order valence-electron chi connectivity index (χ0n) is 15.3. The third kappa shape index (κ3) is 4.73. The van der Waals surface area contributed by atoms with Crippen LogP contribution < -0.4 is 5.32 Å². The number of benzene rings is 1. The van der Waals surface area contributed by atoms with Gasteiger partial charge in [-0.15, -0.1) is 11.3 Å². The molecule has 1 N–H and O–H groups in total. The predicted octanol–water partition coefficient (Wildman–Crippen LogP) is 4.08. The van der Waals surface area contributed by atoms with E-state index in [9.17, 15) is 4.79 Å². The summed E-state index contributed by atoms with van der Waals surface area (Å²) in [6.07, 6.45) is 1.66. The van der Waals surface area contributed by atoms with Crippen molar-refractivity contribution in [3.8, 4) is 11.5 Å². The quantitative estimate of drug-likeness (QED) is 0.680. The molecular formula is C20H21ClN4O2S. The normalized spacial score (nSPS) is 15.0. The summed E-state index contributed by atoms with van der Waals surface area (Å²) >= 11 is 7.53. The van der Waals surface area contributed by atoms with Gasteiger partial charge in [0.15, 0.2) is 5.76 Å². The molecule has 1 fully saturated rings. The van der Waals surface area contributed by atoms with Crippen molar-refractivity contribution in [2.24, 2.45) is 0 Å². The fourth-order valence-electron chi connectivity index (χ4n) is 3.11. The first-order valence-electron chi connectivity index (χ1n) is 9.15. The molecule has 0 atom stereocenters. The van der Waals surface area contributed by atoms with Crippen LogP contribution in [0.4, 0.5) is 4.79 Å². The van der Waals surface area contributed by atoms with Gasteiger partial charge in [-0.2, -0.15) is 0 Å². The lowest BCUT2D eigenvalue weighted by molar-refractivity contribution is 0.135. The number of urea groups is 1. The molecule has 0 aliphatic carbocycles. The van der Waals surface area contributed by atoms with Crippen LogP contribution in [0.1, 0.15) is 10.6 Å². The Morgan fingerprint density at radius 2 is 1.96 bits per heavy atom. The van der Waals surface area contributed by atoms with Crippen LogP contribution in [0.5, 0.6) is 0 Å². The van der Waals surface area contributed by atoms with Gasteiger partial charge in [-0.05, 0) is 29.8 Å². The number of aromatic nitrogens is 1. The molecule has 8 heteroatoms. The topological polar surface area (TPSA) is 61.6 Å². The highest BCUT2D eigenvalue weighted by molar-refractivity contribution is 7.09. The molecule has 1 aliphatic heterocycles. The Labute approximate surface area is 172 Å². The van der Waals surface area contributed by atoms with Gasteiger partial charge in [-0.25, -0.2) is 9.78 Å². The summed E-state index contributed by atoms with van der Waals surface area (Å²) in [5, 5.41) is 6.76. The summed E-state index contributed by atoms with van der Waals surface area (Å²) in [6, 6.07) is 11.3. The molecular weight excluding hydrogens is 396 g/mol. The van der Waals surface area contributed by atoms with Crippen molar-refractivity contribution in [1.29, 1.82) is 0 Å². The van der Waals surface area contributed by atoms with E-state index in [0.717, 1.165) is 41.7 Å². The second kappa shape index (κ2) is 8.77. The first kappa shape index (κ1) is 19.0. The van der Waals surface area contributed by atoms with E-state index in [-0.39, 0.29) is 6.03 Å². The van der Waals surface area contributed by atoms with Crippen LogP contribution in [-0.2, 0) is 13.1 Å². The van der Waals surface area contributed by atoms with E-state index in [1.165, 1.54) is 0 Å². The maximum atomic E-state index is 12.4. The molecule has 3 aromatic rings. The van der Waals surface area contributed by atoms with Gasteiger partial charge in [0.05, 0.1) is 12.8 Å². The maximum absolute atomic E-state index is 12.4. The summed E-state index contributed by atoms with van der Waals surface area (Å²) in [5.41, 5.74) is 1.91. The lowest BCUT2D eigenvalue weighted by Gasteiger charge is -2.34. The highest BCUT2D eigenvalue weighted by Gasteiger charge is 2.21. The number of halogens is 1. The molecule has 2 aromatic heterocycles. The van der Waals surface area contributed by atoms with Crippen LogP contribution in [0, 0.1) is 0 Å². The number of carbonyl (C=O) groups is 1. The molecule has 0 unspecified atom stereocenters. The van der Waals surface area contributed by atoms with Crippen molar-refractivity contribution in [2.75, 3.05) is 26.2 Å². The van der Waals surface area contributed by atoms with Gasteiger partial charge in [-0.1, -0.05) is 23.7 Å². The number of piperazine rings is 1. The first-order chi connectivity index (χ1) is 13.7. The lowest BCUT2D eigenvalue weighted by atomic mass is 10.2. The van der Waals surface area contributed by atoms with E-state index in [2.05, 4.69) is 15.2 Å². The second-order valence-electron chi connectivity index (χ2n) is 6.65. The Bertz CT molecular complexity index is 903. The monoisotopic (exact) mass is 416 g/mol. The molecule has 1 aromatic carbocycles. The summed E-state index contributed by atoms with van der Waals surface area (Å²) in [6.45, 7) is 4.40. The average Bonchev–Trinajstić information content (AvgIpc) is 3.40. The molecule has 146 valence electrons. The largest absolute Gasteiger partial charge is 0.463 e. The Morgan fingerprint density at radius 3 is 2.68 bits per heavy atom. The third-order valence-electron chi connectivity index (χ3n) is 4.70. The molecule has 28 heavy (non-hydrogen) atoms. The van der Waals surface area contributed by atoms with Gasteiger partial charge in [-0.3, -0.25) is 4.90 Å². The second-order valence-corrected chi connectivity index (χ2v) is 8.03. The smallest absolute Gasteiger partial charge is 0.317 e. The summed E-state index contributed by atoms with van der Waals surface area (Å²) in [4.78, 5) is 21.2. The fourth-order valence-corrected chi connectivity index (χ4v) is 4.06. The number of nitrogens with zero attached hydrogens (tertiary/aromatic N) is 3. The van der Waals surface area contributed by atoms with Crippen LogP contribution in [0.2, 0.25) is 5.02 Å². The van der Waals surface area contributed by atoms with E-state index in [1.807, 2.05) is 46.7 Å². The fraction of sp³-hybridized carbons (Fsp3) is 0.300. The van der Waals surface area contributed by atoms with E-state index >= 15 is 0 Å². The Kier molecular flexibility index (Phi) is 5.95. The molecule has 0 saturated carbocycles. The summed E-state index contributed by atoms with van der Waals surface area (Å²) in [7, 11) is 0. The van der Waals surface area contributed by atoms with Gasteiger partial charge in [0.2, 0.25) is 0 Å². The average molecular weight is 417 g/mol. The van der Waals surface area contributed by atoms with Crippen LogP contribution in [0.15, 0.2) is 52.5 Å². The highest BCUT2D eigenvalue weighted by atomic mass is 35.5. The third-order valence-corrected chi connectivity index (χ3v) is 5.79. The van der Waals surface area contributed by atoms with Crippen molar-refractivity contribution >= 4 is 29.0 Å². The molecule has 0 bridgehead atoms. The molecule has 4 rings (SSSR count).